The second-order valence-electron chi connectivity index (χ2n) is 4.66. The molecule has 0 unspecified atom stereocenters. The summed E-state index contributed by atoms with van der Waals surface area (Å²) in [6.07, 6.45) is 6.69. The van der Waals surface area contributed by atoms with Gasteiger partial charge in [-0.15, -0.1) is 0 Å². The average molecular weight is 254 g/mol. The lowest BCUT2D eigenvalue weighted by Gasteiger charge is -2.24. The Morgan fingerprint density at radius 2 is 2.06 bits per heavy atom. The predicted molar refractivity (Wildman–Crippen MR) is 71.7 cm³/mol. The minimum absolute atomic E-state index is 0.389. The Balaban J connectivity index is 2.07. The zero-order valence-electron chi connectivity index (χ0n) is 10.3. The van der Waals surface area contributed by atoms with Crippen LogP contribution in [0.15, 0.2) is 18.2 Å². The third-order valence-electron chi connectivity index (χ3n) is 3.24. The van der Waals surface area contributed by atoms with Crippen LogP contribution in [0.3, 0.4) is 0 Å². The molecule has 1 aliphatic rings. The molecule has 0 saturated heterocycles. The molecule has 1 aromatic rings. The van der Waals surface area contributed by atoms with Crippen LogP contribution in [-0.4, -0.2) is 13.2 Å². The molecule has 0 spiro atoms. The van der Waals surface area contributed by atoms with Gasteiger partial charge in [-0.3, -0.25) is 0 Å². The van der Waals surface area contributed by atoms with Crippen molar-refractivity contribution in [1.29, 1.82) is 0 Å². The van der Waals surface area contributed by atoms with Gasteiger partial charge in [-0.2, -0.15) is 0 Å². The van der Waals surface area contributed by atoms with E-state index in [-0.39, 0.29) is 0 Å². The molecule has 0 radical (unpaired) electrons. The molecule has 2 nitrogen and oxygen atoms in total. The molecule has 3 heteroatoms. The van der Waals surface area contributed by atoms with Gasteiger partial charge in [0.2, 0.25) is 0 Å². The molecule has 0 heterocycles. The molecule has 17 heavy (non-hydrogen) atoms. The Bertz CT molecular complexity index is 361. The fourth-order valence-corrected chi connectivity index (χ4v) is 2.55. The van der Waals surface area contributed by atoms with Crippen LogP contribution in [0, 0.1) is 0 Å². The molecule has 0 atom stereocenters. The highest BCUT2D eigenvalue weighted by Gasteiger charge is 2.16. The fraction of sp³-hybridized carbons (Fsp3) is 0.571. The van der Waals surface area contributed by atoms with Gasteiger partial charge in [0, 0.05) is 17.1 Å². The van der Waals surface area contributed by atoms with Crippen molar-refractivity contribution in [2.75, 3.05) is 7.05 Å². The summed E-state index contributed by atoms with van der Waals surface area (Å²) in [5.74, 6) is 0.982. The van der Waals surface area contributed by atoms with Crippen molar-refractivity contribution in [2.24, 2.45) is 0 Å². The fourth-order valence-electron chi connectivity index (χ4n) is 2.35. The Hall–Kier alpha value is -0.730. The van der Waals surface area contributed by atoms with Gasteiger partial charge < -0.3 is 10.1 Å². The number of benzene rings is 1. The van der Waals surface area contributed by atoms with Crippen LogP contribution in [0.25, 0.3) is 0 Å². The molecule has 2 rings (SSSR count). The summed E-state index contributed by atoms with van der Waals surface area (Å²) in [5.41, 5.74) is 1.14. The van der Waals surface area contributed by atoms with E-state index in [2.05, 4.69) is 5.32 Å². The number of rotatable bonds is 4. The quantitative estimate of drug-likeness (QED) is 0.882. The molecular weight excluding hydrogens is 234 g/mol. The maximum Gasteiger partial charge on any atom is 0.124 e. The number of ether oxygens (including phenoxy) is 1. The normalized spacial score (nSPS) is 17.1. The van der Waals surface area contributed by atoms with Crippen molar-refractivity contribution < 1.29 is 4.74 Å². The highest BCUT2D eigenvalue weighted by atomic mass is 35.5. The average Bonchev–Trinajstić information content (AvgIpc) is 2.34. The first-order valence-electron chi connectivity index (χ1n) is 6.39. The molecule has 1 aromatic carbocycles. The Morgan fingerprint density at radius 1 is 1.29 bits per heavy atom. The van der Waals surface area contributed by atoms with Crippen LogP contribution in [0.5, 0.6) is 5.75 Å². The first-order valence-corrected chi connectivity index (χ1v) is 6.77. The predicted octanol–water partition coefficient (Wildman–Crippen LogP) is 3.77. The van der Waals surface area contributed by atoms with Gasteiger partial charge in [-0.25, -0.2) is 0 Å². The lowest BCUT2D eigenvalue weighted by Crippen LogP contribution is -2.20. The minimum Gasteiger partial charge on any atom is -0.490 e. The molecule has 0 aromatic heterocycles. The van der Waals surface area contributed by atoms with Crippen molar-refractivity contribution in [3.8, 4) is 5.75 Å². The van der Waals surface area contributed by atoms with Crippen molar-refractivity contribution in [1.82, 2.24) is 5.32 Å². The first-order chi connectivity index (χ1) is 8.29. The zero-order chi connectivity index (χ0) is 12.1. The van der Waals surface area contributed by atoms with E-state index in [9.17, 15) is 0 Å². The van der Waals surface area contributed by atoms with E-state index in [0.717, 1.165) is 22.9 Å². The van der Waals surface area contributed by atoms with E-state index in [0.29, 0.717) is 6.10 Å². The van der Waals surface area contributed by atoms with Crippen LogP contribution in [0.4, 0.5) is 0 Å². The van der Waals surface area contributed by atoms with E-state index in [1.165, 1.54) is 32.1 Å². The van der Waals surface area contributed by atoms with Gasteiger partial charge >= 0.3 is 0 Å². The summed E-state index contributed by atoms with van der Waals surface area (Å²) in [4.78, 5) is 0. The lowest BCUT2D eigenvalue weighted by molar-refractivity contribution is 0.153. The molecule has 1 aliphatic carbocycles. The Labute approximate surface area is 108 Å². The molecule has 0 aliphatic heterocycles. The summed E-state index contributed by atoms with van der Waals surface area (Å²) < 4.78 is 6.10. The Morgan fingerprint density at radius 3 is 2.76 bits per heavy atom. The highest BCUT2D eigenvalue weighted by molar-refractivity contribution is 6.30. The number of halogens is 1. The monoisotopic (exact) mass is 253 g/mol. The topological polar surface area (TPSA) is 21.3 Å². The van der Waals surface area contributed by atoms with E-state index in [4.69, 9.17) is 16.3 Å². The first kappa shape index (κ1) is 12.7. The molecule has 0 bridgehead atoms. The van der Waals surface area contributed by atoms with Crippen LogP contribution < -0.4 is 10.1 Å². The van der Waals surface area contributed by atoms with Gasteiger partial charge in [0.1, 0.15) is 5.75 Å². The summed E-state index contributed by atoms with van der Waals surface area (Å²) in [5, 5.41) is 3.92. The SMILES string of the molecule is CNCc1cc(Cl)ccc1OC1CCCCC1. The summed E-state index contributed by atoms with van der Waals surface area (Å²) in [6.45, 7) is 0.794. The van der Waals surface area contributed by atoms with Crippen LogP contribution in [0.2, 0.25) is 5.02 Å². The van der Waals surface area contributed by atoms with E-state index in [1.54, 1.807) is 0 Å². The largest absolute Gasteiger partial charge is 0.490 e. The van der Waals surface area contributed by atoms with Crippen LogP contribution >= 0.6 is 11.6 Å². The molecule has 1 fully saturated rings. The maximum atomic E-state index is 6.10. The van der Waals surface area contributed by atoms with Gasteiger partial charge in [-0.1, -0.05) is 18.0 Å². The van der Waals surface area contributed by atoms with E-state index in [1.807, 2.05) is 25.2 Å². The maximum absolute atomic E-state index is 6.10. The van der Waals surface area contributed by atoms with Crippen molar-refractivity contribution >= 4 is 11.6 Å². The second-order valence-corrected chi connectivity index (χ2v) is 5.10. The van der Waals surface area contributed by atoms with E-state index >= 15 is 0 Å². The van der Waals surface area contributed by atoms with Crippen molar-refractivity contribution in [2.45, 2.75) is 44.8 Å². The van der Waals surface area contributed by atoms with Crippen molar-refractivity contribution in [3.05, 3.63) is 28.8 Å². The molecule has 1 N–H and O–H groups in total. The third kappa shape index (κ3) is 3.62. The summed E-state index contributed by atoms with van der Waals surface area (Å²) in [7, 11) is 1.94. The lowest BCUT2D eigenvalue weighted by atomic mass is 9.97. The third-order valence-corrected chi connectivity index (χ3v) is 3.47. The Kier molecular flexibility index (Phi) is 4.69. The number of hydrogen-bond donors (Lipinski definition) is 1. The van der Waals surface area contributed by atoms with Gasteiger partial charge in [0.25, 0.3) is 0 Å². The van der Waals surface area contributed by atoms with E-state index < -0.39 is 0 Å². The minimum atomic E-state index is 0.389. The number of hydrogen-bond acceptors (Lipinski definition) is 2. The number of nitrogens with one attached hydrogen (secondary N) is 1. The molecule has 0 amide bonds. The highest BCUT2D eigenvalue weighted by Crippen LogP contribution is 2.28. The van der Waals surface area contributed by atoms with Crippen LogP contribution in [-0.2, 0) is 6.54 Å². The zero-order valence-corrected chi connectivity index (χ0v) is 11.1. The van der Waals surface area contributed by atoms with Gasteiger partial charge in [-0.05, 0) is 50.9 Å². The molecule has 1 saturated carbocycles. The smallest absolute Gasteiger partial charge is 0.124 e. The summed E-state index contributed by atoms with van der Waals surface area (Å²) >= 11 is 6.01. The molecular formula is C14H20ClNO. The summed E-state index contributed by atoms with van der Waals surface area (Å²) in [6, 6.07) is 5.87. The second kappa shape index (κ2) is 6.27. The van der Waals surface area contributed by atoms with Gasteiger partial charge in [0.15, 0.2) is 0 Å². The molecule has 94 valence electrons. The van der Waals surface area contributed by atoms with Gasteiger partial charge in [0.05, 0.1) is 6.10 Å². The standard InChI is InChI=1S/C14H20ClNO/c1-16-10-11-9-12(15)7-8-14(11)17-13-5-3-2-4-6-13/h7-9,13,16H,2-6,10H2,1H3. The van der Waals surface area contributed by atoms with Crippen LogP contribution in [0.1, 0.15) is 37.7 Å². The van der Waals surface area contributed by atoms with Crippen molar-refractivity contribution in [3.63, 3.8) is 0 Å².